The Balaban J connectivity index is 2.81. The van der Waals surface area contributed by atoms with E-state index in [0.29, 0.717) is 0 Å². The molecule has 2 heterocycles. The number of nitrogens with zero attached hydrogens (tertiary/aromatic N) is 5. The summed E-state index contributed by atoms with van der Waals surface area (Å²) in [6.07, 6.45) is -4.71. The number of carbonyl (C=O) groups excluding carboxylic acids is 1. The van der Waals surface area contributed by atoms with Crippen LogP contribution in [0.4, 0.5) is 19.0 Å². The van der Waals surface area contributed by atoms with Crippen molar-refractivity contribution < 1.29 is 18.0 Å². The Kier molecular flexibility index (Phi) is 3.74. The van der Waals surface area contributed by atoms with Crippen LogP contribution in [-0.2, 0) is 12.7 Å². The molecule has 0 atom stereocenters. The highest BCUT2D eigenvalue weighted by Crippen LogP contribution is 2.31. The van der Waals surface area contributed by atoms with E-state index in [9.17, 15) is 18.0 Å². The average Bonchev–Trinajstić information content (AvgIpc) is 2.42. The Bertz CT molecular complexity index is 811. The van der Waals surface area contributed by atoms with Gasteiger partial charge < -0.3 is 11.5 Å². The first-order valence-electron chi connectivity index (χ1n) is 5.72. The van der Waals surface area contributed by atoms with Crippen molar-refractivity contribution in [2.45, 2.75) is 12.7 Å². The maximum atomic E-state index is 12.8. The van der Waals surface area contributed by atoms with Crippen LogP contribution in [0.5, 0.6) is 0 Å². The molecule has 114 valence electrons. The topological polar surface area (TPSA) is 144 Å². The van der Waals surface area contributed by atoms with Gasteiger partial charge in [-0.05, 0) is 23.2 Å². The minimum Gasteiger partial charge on any atom is -0.383 e. The van der Waals surface area contributed by atoms with Gasteiger partial charge in [-0.1, -0.05) is 5.11 Å². The molecular weight excluding hydrogens is 303 g/mol. The van der Waals surface area contributed by atoms with Crippen molar-refractivity contribution in [2.24, 2.45) is 10.8 Å². The lowest BCUT2D eigenvalue weighted by molar-refractivity contribution is -0.141. The molecule has 2 rings (SSSR count). The molecule has 22 heavy (non-hydrogen) atoms. The lowest BCUT2D eigenvalue weighted by atomic mass is 10.1. The first-order chi connectivity index (χ1) is 10.2. The van der Waals surface area contributed by atoms with Gasteiger partial charge in [-0.15, -0.1) is 0 Å². The summed E-state index contributed by atoms with van der Waals surface area (Å²) in [4.78, 5) is 20.8. The van der Waals surface area contributed by atoms with E-state index in [1.54, 1.807) is 0 Å². The number of nitrogen functional groups attached to an aromatic ring is 1. The van der Waals surface area contributed by atoms with Gasteiger partial charge in [0, 0.05) is 10.3 Å². The molecular formula is C11H8F3N7O. The van der Waals surface area contributed by atoms with Crippen LogP contribution in [0, 0.1) is 0 Å². The van der Waals surface area contributed by atoms with Gasteiger partial charge in [0.25, 0.3) is 5.91 Å². The third kappa shape index (κ3) is 2.83. The predicted octanol–water partition coefficient (Wildman–Crippen LogP) is 2.14. The second-order valence-electron chi connectivity index (χ2n) is 4.21. The average molecular weight is 311 g/mol. The molecule has 2 aromatic heterocycles. The highest BCUT2D eigenvalue weighted by molar-refractivity contribution is 6.00. The van der Waals surface area contributed by atoms with Gasteiger partial charge in [0.05, 0.1) is 12.1 Å². The van der Waals surface area contributed by atoms with Crippen molar-refractivity contribution in [3.05, 3.63) is 39.4 Å². The van der Waals surface area contributed by atoms with Crippen molar-refractivity contribution in [1.82, 2.24) is 9.97 Å². The number of primary amides is 1. The van der Waals surface area contributed by atoms with Gasteiger partial charge in [0.15, 0.2) is 5.65 Å². The summed E-state index contributed by atoms with van der Waals surface area (Å²) < 4.78 is 38.5. The summed E-state index contributed by atoms with van der Waals surface area (Å²) in [7, 11) is 0. The molecule has 0 saturated carbocycles. The van der Waals surface area contributed by atoms with Gasteiger partial charge in [0.2, 0.25) is 0 Å². The van der Waals surface area contributed by atoms with Gasteiger partial charge in [-0.25, -0.2) is 9.97 Å². The molecule has 0 radical (unpaired) electrons. The third-order valence-corrected chi connectivity index (χ3v) is 2.78. The molecule has 0 bridgehead atoms. The van der Waals surface area contributed by atoms with Crippen LogP contribution in [0.2, 0.25) is 0 Å². The maximum Gasteiger partial charge on any atom is 0.433 e. The SMILES string of the molecule is [N-]=[N+]=NCc1cc(C(F)(F)F)nc2nc(N)c(C(N)=O)cc12. The number of nitrogens with two attached hydrogens (primary N) is 2. The second-order valence-corrected chi connectivity index (χ2v) is 4.21. The van der Waals surface area contributed by atoms with E-state index in [0.717, 1.165) is 6.07 Å². The molecule has 2 aromatic rings. The fourth-order valence-electron chi connectivity index (χ4n) is 1.81. The van der Waals surface area contributed by atoms with Crippen LogP contribution in [0.25, 0.3) is 21.5 Å². The Labute approximate surface area is 120 Å². The fraction of sp³-hybridized carbons (Fsp3) is 0.182. The van der Waals surface area contributed by atoms with Gasteiger partial charge >= 0.3 is 6.18 Å². The molecule has 0 aliphatic rings. The summed E-state index contributed by atoms with van der Waals surface area (Å²) in [5, 5.41) is 3.32. The lowest BCUT2D eigenvalue weighted by Gasteiger charge is -2.11. The van der Waals surface area contributed by atoms with E-state index in [4.69, 9.17) is 17.0 Å². The van der Waals surface area contributed by atoms with Crippen LogP contribution in [0.3, 0.4) is 0 Å². The van der Waals surface area contributed by atoms with E-state index in [1.807, 2.05) is 0 Å². The van der Waals surface area contributed by atoms with Crippen LogP contribution in [0.1, 0.15) is 21.6 Å². The van der Waals surface area contributed by atoms with Gasteiger partial charge in [-0.3, -0.25) is 4.79 Å². The second kappa shape index (κ2) is 5.37. The quantitative estimate of drug-likeness (QED) is 0.508. The largest absolute Gasteiger partial charge is 0.433 e. The molecule has 4 N–H and O–H groups in total. The fourth-order valence-corrected chi connectivity index (χ4v) is 1.81. The molecule has 1 amide bonds. The van der Waals surface area contributed by atoms with Gasteiger partial charge in [-0.2, -0.15) is 13.2 Å². The number of hydrogen-bond donors (Lipinski definition) is 2. The number of carbonyl (C=O) groups is 1. The van der Waals surface area contributed by atoms with E-state index in [-0.39, 0.29) is 34.5 Å². The van der Waals surface area contributed by atoms with E-state index in [1.165, 1.54) is 6.07 Å². The number of azide groups is 1. The zero-order chi connectivity index (χ0) is 16.5. The van der Waals surface area contributed by atoms with Gasteiger partial charge in [0.1, 0.15) is 11.5 Å². The molecule has 0 fully saturated rings. The zero-order valence-corrected chi connectivity index (χ0v) is 10.8. The monoisotopic (exact) mass is 311 g/mol. The maximum absolute atomic E-state index is 12.8. The molecule has 0 unspecified atom stereocenters. The summed E-state index contributed by atoms with van der Waals surface area (Å²) in [5.41, 5.74) is 17.2. The number of anilines is 1. The van der Waals surface area contributed by atoms with Crippen molar-refractivity contribution >= 4 is 22.8 Å². The molecule has 0 spiro atoms. The standard InChI is InChI=1S/C11H8F3N7O/c12-11(13,14)7-1-4(3-18-21-17)5-2-6(9(16)22)8(15)20-10(5)19-7/h1-2H,3H2,(H2,16,22)(H2,15,19,20). The number of pyridine rings is 2. The number of fused-ring (bicyclic) bond motifs is 1. The Morgan fingerprint density at radius 3 is 2.59 bits per heavy atom. The first kappa shape index (κ1) is 15.3. The normalized spacial score (nSPS) is 11.2. The Morgan fingerprint density at radius 1 is 1.36 bits per heavy atom. The highest BCUT2D eigenvalue weighted by Gasteiger charge is 2.33. The Hall–Kier alpha value is -3.07. The summed E-state index contributed by atoms with van der Waals surface area (Å²) >= 11 is 0. The van der Waals surface area contributed by atoms with Crippen molar-refractivity contribution in [2.75, 3.05) is 5.73 Å². The molecule has 8 nitrogen and oxygen atoms in total. The number of amides is 1. The van der Waals surface area contributed by atoms with Crippen LogP contribution in [0.15, 0.2) is 17.2 Å². The Morgan fingerprint density at radius 2 is 2.05 bits per heavy atom. The number of alkyl halides is 3. The third-order valence-electron chi connectivity index (χ3n) is 2.78. The number of hydrogen-bond acceptors (Lipinski definition) is 5. The highest BCUT2D eigenvalue weighted by atomic mass is 19.4. The van der Waals surface area contributed by atoms with E-state index in [2.05, 4.69) is 20.0 Å². The molecule has 0 aliphatic carbocycles. The zero-order valence-electron chi connectivity index (χ0n) is 10.8. The van der Waals surface area contributed by atoms with Crippen molar-refractivity contribution in [3.8, 4) is 0 Å². The molecule has 11 heteroatoms. The molecule has 0 saturated heterocycles. The number of halogens is 3. The summed E-state index contributed by atoms with van der Waals surface area (Å²) in [6, 6.07) is 1.90. The van der Waals surface area contributed by atoms with Crippen LogP contribution < -0.4 is 11.5 Å². The predicted molar refractivity (Wildman–Crippen MR) is 70.3 cm³/mol. The van der Waals surface area contributed by atoms with E-state index >= 15 is 0 Å². The molecule has 0 aliphatic heterocycles. The summed E-state index contributed by atoms with van der Waals surface area (Å²) in [6.45, 7) is -0.373. The van der Waals surface area contributed by atoms with Crippen molar-refractivity contribution in [3.63, 3.8) is 0 Å². The smallest absolute Gasteiger partial charge is 0.383 e. The number of rotatable bonds is 3. The minimum absolute atomic E-state index is 0.00475. The summed E-state index contributed by atoms with van der Waals surface area (Å²) in [5.74, 6) is -1.22. The van der Waals surface area contributed by atoms with Crippen LogP contribution in [-0.4, -0.2) is 15.9 Å². The van der Waals surface area contributed by atoms with E-state index < -0.39 is 17.8 Å². The van der Waals surface area contributed by atoms with Crippen molar-refractivity contribution in [1.29, 1.82) is 0 Å². The lowest BCUT2D eigenvalue weighted by Crippen LogP contribution is -2.16. The minimum atomic E-state index is -4.71. The first-order valence-corrected chi connectivity index (χ1v) is 5.72. The number of aromatic nitrogens is 2. The van der Waals surface area contributed by atoms with Crippen LogP contribution >= 0.6 is 0 Å². The molecule has 0 aromatic carbocycles.